The summed E-state index contributed by atoms with van der Waals surface area (Å²) in [5.41, 5.74) is 6.10. The van der Waals surface area contributed by atoms with E-state index < -0.39 is 0 Å². The Kier molecular flexibility index (Phi) is 3.58. The molecule has 0 unspecified atom stereocenters. The number of fused-ring (bicyclic) bond motifs is 3. The largest absolute Gasteiger partial charge is 0.318 e. The van der Waals surface area contributed by atoms with Crippen molar-refractivity contribution >= 4 is 17.3 Å². The van der Waals surface area contributed by atoms with Crippen LogP contribution in [0.25, 0.3) is 11.1 Å². The van der Waals surface area contributed by atoms with Crippen molar-refractivity contribution in [2.75, 3.05) is 0 Å². The molecular formula is C20H15ClN2O. The lowest BCUT2D eigenvalue weighted by molar-refractivity contribution is 0.852. The van der Waals surface area contributed by atoms with Gasteiger partial charge in [-0.05, 0) is 23.3 Å². The molecule has 24 heavy (non-hydrogen) atoms. The summed E-state index contributed by atoms with van der Waals surface area (Å²) < 4.78 is 1.61. The minimum absolute atomic E-state index is 0.0172. The molecule has 0 saturated heterocycles. The third-order valence-corrected chi connectivity index (χ3v) is 4.56. The van der Waals surface area contributed by atoms with E-state index in [1.807, 2.05) is 42.6 Å². The van der Waals surface area contributed by atoms with Crippen LogP contribution in [0.2, 0.25) is 5.02 Å². The van der Waals surface area contributed by atoms with Crippen molar-refractivity contribution in [1.82, 2.24) is 4.57 Å². The van der Waals surface area contributed by atoms with Gasteiger partial charge in [0.05, 0.1) is 12.3 Å². The van der Waals surface area contributed by atoms with Crippen LogP contribution >= 0.6 is 11.6 Å². The van der Waals surface area contributed by atoms with Gasteiger partial charge >= 0.3 is 0 Å². The quantitative estimate of drug-likeness (QED) is 0.661. The zero-order valence-electron chi connectivity index (χ0n) is 13.2. The monoisotopic (exact) mass is 334 g/mol. The summed E-state index contributed by atoms with van der Waals surface area (Å²) in [5, 5.41) is 0.701. The average molecular weight is 335 g/mol. The highest BCUT2D eigenvalue weighted by molar-refractivity contribution is 6.30. The molecule has 2 heterocycles. The Morgan fingerprint density at radius 3 is 2.46 bits per heavy atom. The maximum Gasteiger partial charge on any atom is 0.250 e. The van der Waals surface area contributed by atoms with Crippen LogP contribution in [0.5, 0.6) is 0 Å². The normalized spacial score (nSPS) is 12.8. The van der Waals surface area contributed by atoms with Gasteiger partial charge in [-0.15, -0.1) is 0 Å². The third kappa shape index (κ3) is 2.47. The summed E-state index contributed by atoms with van der Waals surface area (Å²) >= 11 is 6.01. The van der Waals surface area contributed by atoms with Gasteiger partial charge in [-0.1, -0.05) is 48.0 Å². The highest BCUT2D eigenvalue weighted by Gasteiger charge is 2.19. The molecule has 0 aliphatic carbocycles. The second-order valence-electron chi connectivity index (χ2n) is 5.88. The van der Waals surface area contributed by atoms with E-state index in [1.54, 1.807) is 17.7 Å². The molecule has 0 amide bonds. The number of hydrogen-bond acceptors (Lipinski definition) is 2. The molecule has 1 aliphatic heterocycles. The number of aryl methyl sites for hydroxylation is 1. The Hall–Kier alpha value is -2.65. The van der Waals surface area contributed by atoms with Crippen LogP contribution < -0.4 is 5.56 Å². The highest BCUT2D eigenvalue weighted by atomic mass is 35.5. The van der Waals surface area contributed by atoms with E-state index in [9.17, 15) is 4.79 Å². The van der Waals surface area contributed by atoms with Crippen molar-refractivity contribution in [3.63, 3.8) is 0 Å². The minimum Gasteiger partial charge on any atom is -0.318 e. The van der Waals surface area contributed by atoms with E-state index in [0.717, 1.165) is 33.5 Å². The number of aromatic nitrogens is 1. The van der Waals surface area contributed by atoms with Gasteiger partial charge in [0.1, 0.15) is 0 Å². The molecule has 0 N–H and O–H groups in total. The molecule has 3 nitrogen and oxygen atoms in total. The van der Waals surface area contributed by atoms with Gasteiger partial charge in [0.15, 0.2) is 0 Å². The fourth-order valence-electron chi connectivity index (χ4n) is 3.07. The Labute approximate surface area is 144 Å². The van der Waals surface area contributed by atoms with Gasteiger partial charge in [0.25, 0.3) is 5.56 Å². The summed E-state index contributed by atoms with van der Waals surface area (Å²) in [6, 6.07) is 17.6. The first-order chi connectivity index (χ1) is 11.6. The van der Waals surface area contributed by atoms with Crippen LogP contribution in [0.1, 0.15) is 16.7 Å². The fourth-order valence-corrected chi connectivity index (χ4v) is 3.20. The predicted molar refractivity (Wildman–Crippen MR) is 97.9 cm³/mol. The van der Waals surface area contributed by atoms with Crippen LogP contribution in [0, 0.1) is 0 Å². The number of pyridine rings is 1. The number of benzene rings is 2. The van der Waals surface area contributed by atoms with Crippen LogP contribution in [-0.2, 0) is 13.6 Å². The number of halogens is 1. The molecular weight excluding hydrogens is 320 g/mol. The van der Waals surface area contributed by atoms with Crippen LogP contribution in [0.3, 0.4) is 0 Å². The molecule has 0 bridgehead atoms. The summed E-state index contributed by atoms with van der Waals surface area (Å²) in [5.74, 6) is 0. The standard InChI is InChI=1S/C20H15ClN2O/c1-23-12-18-14(10-19(23)24)11-22-20(13-6-8-15(21)9-7-13)17-5-3-2-4-16(17)18/h2-10,12H,11H2,1H3. The molecule has 0 fully saturated rings. The lowest BCUT2D eigenvalue weighted by Gasteiger charge is -2.12. The van der Waals surface area contributed by atoms with E-state index in [1.165, 1.54) is 0 Å². The summed E-state index contributed by atoms with van der Waals surface area (Å²) in [6.07, 6.45) is 1.90. The fraction of sp³-hybridized carbons (Fsp3) is 0.100. The second-order valence-corrected chi connectivity index (χ2v) is 6.32. The Morgan fingerprint density at radius 2 is 1.71 bits per heavy atom. The van der Waals surface area contributed by atoms with Gasteiger partial charge < -0.3 is 4.57 Å². The topological polar surface area (TPSA) is 34.4 Å². The minimum atomic E-state index is -0.0172. The van der Waals surface area contributed by atoms with E-state index in [-0.39, 0.29) is 5.56 Å². The molecule has 4 heteroatoms. The molecule has 2 aromatic carbocycles. The van der Waals surface area contributed by atoms with Crippen LogP contribution in [0.4, 0.5) is 0 Å². The highest BCUT2D eigenvalue weighted by Crippen LogP contribution is 2.31. The Morgan fingerprint density at radius 1 is 1.00 bits per heavy atom. The van der Waals surface area contributed by atoms with Crippen molar-refractivity contribution in [1.29, 1.82) is 0 Å². The lowest BCUT2D eigenvalue weighted by atomic mass is 9.93. The number of aliphatic imine (C=N–C) groups is 1. The van der Waals surface area contributed by atoms with Crippen molar-refractivity contribution in [3.8, 4) is 11.1 Å². The van der Waals surface area contributed by atoms with Gasteiger partial charge in [-0.25, -0.2) is 0 Å². The molecule has 3 aromatic rings. The number of rotatable bonds is 1. The smallest absolute Gasteiger partial charge is 0.250 e. The summed E-state index contributed by atoms with van der Waals surface area (Å²) in [7, 11) is 1.77. The van der Waals surface area contributed by atoms with E-state index in [4.69, 9.17) is 16.6 Å². The van der Waals surface area contributed by atoms with E-state index in [2.05, 4.69) is 12.1 Å². The molecule has 0 atom stereocenters. The molecule has 4 rings (SSSR count). The zero-order chi connectivity index (χ0) is 16.7. The molecule has 118 valence electrons. The van der Waals surface area contributed by atoms with Crippen molar-refractivity contribution in [2.45, 2.75) is 6.54 Å². The average Bonchev–Trinajstić information content (AvgIpc) is 2.74. The van der Waals surface area contributed by atoms with Crippen molar-refractivity contribution in [3.05, 3.63) is 92.9 Å². The maximum atomic E-state index is 12.0. The Balaban J connectivity index is 1.98. The molecule has 0 saturated carbocycles. The van der Waals surface area contributed by atoms with Gasteiger partial charge in [0, 0.05) is 41.0 Å². The third-order valence-electron chi connectivity index (χ3n) is 4.31. The summed E-state index contributed by atoms with van der Waals surface area (Å²) in [6.45, 7) is 0.484. The zero-order valence-corrected chi connectivity index (χ0v) is 13.9. The van der Waals surface area contributed by atoms with Gasteiger partial charge in [0.2, 0.25) is 0 Å². The number of hydrogen-bond donors (Lipinski definition) is 0. The second kappa shape index (κ2) is 5.77. The van der Waals surface area contributed by atoms with Crippen LogP contribution in [-0.4, -0.2) is 10.3 Å². The first-order valence-corrected chi connectivity index (χ1v) is 8.11. The molecule has 0 radical (unpaired) electrons. The lowest BCUT2D eigenvalue weighted by Crippen LogP contribution is -2.16. The van der Waals surface area contributed by atoms with E-state index in [0.29, 0.717) is 11.6 Å². The van der Waals surface area contributed by atoms with Crippen LogP contribution in [0.15, 0.2) is 70.6 Å². The Bertz CT molecular complexity index is 1020. The van der Waals surface area contributed by atoms with Crippen molar-refractivity contribution < 1.29 is 0 Å². The first-order valence-electron chi connectivity index (χ1n) is 7.73. The predicted octanol–water partition coefficient (Wildman–Crippen LogP) is 4.06. The number of nitrogens with zero attached hydrogens (tertiary/aromatic N) is 2. The molecule has 1 aromatic heterocycles. The van der Waals surface area contributed by atoms with Gasteiger partial charge in [-0.3, -0.25) is 9.79 Å². The summed E-state index contributed by atoms with van der Waals surface area (Å²) in [4.78, 5) is 16.8. The van der Waals surface area contributed by atoms with E-state index >= 15 is 0 Å². The first kappa shape index (κ1) is 14.9. The molecule has 0 spiro atoms. The van der Waals surface area contributed by atoms with Gasteiger partial charge in [-0.2, -0.15) is 0 Å². The van der Waals surface area contributed by atoms with Crippen molar-refractivity contribution in [2.24, 2.45) is 12.0 Å². The molecule has 1 aliphatic rings. The maximum absolute atomic E-state index is 12.0. The SMILES string of the molecule is Cn1cc2c(cc1=O)CN=C(c1ccc(Cl)cc1)c1ccccc1-2.